The van der Waals surface area contributed by atoms with Crippen molar-refractivity contribution in [2.75, 3.05) is 6.54 Å². The molecule has 0 bridgehead atoms. The summed E-state index contributed by atoms with van der Waals surface area (Å²) >= 11 is 0. The van der Waals surface area contributed by atoms with E-state index in [9.17, 15) is 9.59 Å². The summed E-state index contributed by atoms with van der Waals surface area (Å²) < 4.78 is 3.14. The summed E-state index contributed by atoms with van der Waals surface area (Å²) in [5, 5.41) is 0. The first-order chi connectivity index (χ1) is 19.0. The van der Waals surface area contributed by atoms with E-state index in [4.69, 9.17) is 0 Å². The van der Waals surface area contributed by atoms with Gasteiger partial charge < -0.3 is 4.90 Å². The lowest BCUT2D eigenvalue weighted by atomic mass is 9.83. The van der Waals surface area contributed by atoms with Crippen LogP contribution in [-0.4, -0.2) is 26.6 Å². The predicted octanol–water partition coefficient (Wildman–Crippen LogP) is 6.17. The lowest BCUT2D eigenvalue weighted by molar-refractivity contribution is 0.230. The molecule has 2 heterocycles. The van der Waals surface area contributed by atoms with Crippen LogP contribution in [0.1, 0.15) is 55.2 Å². The van der Waals surface area contributed by atoms with Crippen LogP contribution in [0.25, 0.3) is 11.8 Å². The topological polar surface area (TPSA) is 47.2 Å². The van der Waals surface area contributed by atoms with Crippen molar-refractivity contribution in [1.82, 2.24) is 14.0 Å². The third kappa shape index (κ3) is 4.73. The van der Waals surface area contributed by atoms with Gasteiger partial charge in [0.1, 0.15) is 5.70 Å². The summed E-state index contributed by atoms with van der Waals surface area (Å²) in [6, 6.07) is 29.9. The van der Waals surface area contributed by atoms with Gasteiger partial charge in [0, 0.05) is 19.9 Å². The molecule has 5 nitrogen and oxygen atoms in total. The molecule has 0 aliphatic carbocycles. The zero-order valence-corrected chi connectivity index (χ0v) is 22.5. The summed E-state index contributed by atoms with van der Waals surface area (Å²) in [7, 11) is 0. The molecule has 0 N–H and O–H groups in total. The molecule has 4 aromatic rings. The van der Waals surface area contributed by atoms with Crippen LogP contribution >= 0.6 is 0 Å². The Hall–Kier alpha value is -4.60. The van der Waals surface area contributed by atoms with Crippen LogP contribution in [-0.2, 0) is 6.54 Å². The highest BCUT2D eigenvalue weighted by molar-refractivity contribution is 5.71. The van der Waals surface area contributed by atoms with Crippen LogP contribution in [0.4, 0.5) is 0 Å². The molecule has 0 amide bonds. The highest BCUT2D eigenvalue weighted by Crippen LogP contribution is 2.41. The van der Waals surface area contributed by atoms with Crippen molar-refractivity contribution in [2.24, 2.45) is 0 Å². The van der Waals surface area contributed by atoms with Crippen molar-refractivity contribution in [3.63, 3.8) is 0 Å². The molecule has 39 heavy (non-hydrogen) atoms. The quantitative estimate of drug-likeness (QED) is 0.276. The number of hydrogen-bond acceptors (Lipinski definition) is 3. The summed E-state index contributed by atoms with van der Waals surface area (Å²) in [6.07, 6.45) is 1.56. The maximum absolute atomic E-state index is 14.4. The molecule has 0 unspecified atom stereocenters. The van der Waals surface area contributed by atoms with Crippen molar-refractivity contribution in [1.29, 1.82) is 0 Å². The van der Waals surface area contributed by atoms with E-state index in [1.54, 1.807) is 10.6 Å². The van der Waals surface area contributed by atoms with Crippen molar-refractivity contribution in [3.8, 4) is 0 Å². The fraction of sp³-hybridized carbons (Fsp3) is 0.206. The standard InChI is InChI=1S/C34H33N3O2.H2/c1-5-28-32-29(6-2)35(24(3)4)23-30(31(26-18-12-8-13-19-26)27-20-14-9-15-21-27)37(32)34(39)36(33(28)38)22-25-16-10-7-11-17-25;/h5,7-21,24,30-31H,1-2,22-23H2,3-4H3;1H/t30-;/m1./s1. The molecule has 1 atom stereocenters. The van der Waals surface area contributed by atoms with Crippen LogP contribution in [0, 0.1) is 0 Å². The minimum atomic E-state index is -0.363. The maximum atomic E-state index is 14.4. The van der Waals surface area contributed by atoms with Crippen LogP contribution in [0.5, 0.6) is 0 Å². The Morgan fingerprint density at radius 3 is 1.95 bits per heavy atom. The number of hydrogen-bond donors (Lipinski definition) is 0. The lowest BCUT2D eigenvalue weighted by Crippen LogP contribution is -2.52. The summed E-state index contributed by atoms with van der Waals surface area (Å²) in [5.41, 5.74) is 7.00. The minimum absolute atomic E-state index is 0. The highest BCUT2D eigenvalue weighted by atomic mass is 16.2. The predicted molar refractivity (Wildman–Crippen MR) is 161 cm³/mol. The Bertz CT molecular complexity index is 1610. The van der Waals surface area contributed by atoms with Gasteiger partial charge in [-0.1, -0.05) is 110 Å². The van der Waals surface area contributed by atoms with Gasteiger partial charge in [0.2, 0.25) is 0 Å². The Balaban J connectivity index is 0.00000370. The van der Waals surface area contributed by atoms with Gasteiger partial charge >= 0.3 is 5.69 Å². The molecule has 0 saturated heterocycles. The molecule has 0 saturated carbocycles. The second-order valence-electron chi connectivity index (χ2n) is 10.1. The van der Waals surface area contributed by atoms with E-state index >= 15 is 0 Å². The second kappa shape index (κ2) is 11.0. The van der Waals surface area contributed by atoms with Crippen LogP contribution in [0.2, 0.25) is 0 Å². The molecule has 3 aromatic carbocycles. The summed E-state index contributed by atoms with van der Waals surface area (Å²) in [6.45, 7) is 12.9. The molecule has 0 radical (unpaired) electrons. The van der Waals surface area contributed by atoms with E-state index in [1.165, 1.54) is 4.57 Å². The monoisotopic (exact) mass is 517 g/mol. The van der Waals surface area contributed by atoms with Gasteiger partial charge in [-0.3, -0.25) is 13.9 Å². The average molecular weight is 518 g/mol. The molecule has 198 valence electrons. The smallest absolute Gasteiger partial charge is 0.332 e. The second-order valence-corrected chi connectivity index (χ2v) is 10.1. The Morgan fingerprint density at radius 1 is 0.923 bits per heavy atom. The van der Waals surface area contributed by atoms with Crippen LogP contribution < -0.4 is 11.2 Å². The number of fused-ring (bicyclic) bond motifs is 1. The number of nitrogens with zero attached hydrogens (tertiary/aromatic N) is 3. The molecule has 0 spiro atoms. The van der Waals surface area contributed by atoms with E-state index in [0.717, 1.165) is 16.7 Å². The van der Waals surface area contributed by atoms with E-state index in [1.807, 2.05) is 66.7 Å². The largest absolute Gasteiger partial charge is 0.359 e. The Kier molecular flexibility index (Phi) is 7.36. The maximum Gasteiger partial charge on any atom is 0.332 e. The van der Waals surface area contributed by atoms with Crippen molar-refractivity contribution in [2.45, 2.75) is 38.4 Å². The number of aromatic nitrogens is 2. The van der Waals surface area contributed by atoms with Crippen molar-refractivity contribution in [3.05, 3.63) is 159 Å². The van der Waals surface area contributed by atoms with E-state index < -0.39 is 0 Å². The van der Waals surface area contributed by atoms with E-state index in [0.29, 0.717) is 23.5 Å². The third-order valence-electron chi connectivity index (χ3n) is 7.52. The Morgan fingerprint density at radius 2 is 1.46 bits per heavy atom. The van der Waals surface area contributed by atoms with Gasteiger partial charge in [0.15, 0.2) is 0 Å². The molecule has 1 aliphatic heterocycles. The molecule has 5 rings (SSSR count). The van der Waals surface area contributed by atoms with Gasteiger partial charge in [0.25, 0.3) is 5.56 Å². The fourth-order valence-electron chi connectivity index (χ4n) is 5.70. The van der Waals surface area contributed by atoms with Crippen LogP contribution in [0.3, 0.4) is 0 Å². The molecule has 1 aromatic heterocycles. The number of benzene rings is 3. The van der Waals surface area contributed by atoms with Gasteiger partial charge in [-0.25, -0.2) is 4.79 Å². The highest BCUT2D eigenvalue weighted by Gasteiger charge is 2.39. The van der Waals surface area contributed by atoms with Crippen LogP contribution in [0.15, 0.2) is 119 Å². The zero-order valence-electron chi connectivity index (χ0n) is 22.5. The normalized spacial score (nSPS) is 14.8. The first-order valence-corrected chi connectivity index (χ1v) is 13.3. The first-order valence-electron chi connectivity index (χ1n) is 13.3. The third-order valence-corrected chi connectivity index (χ3v) is 7.52. The fourth-order valence-corrected chi connectivity index (χ4v) is 5.70. The minimum Gasteiger partial charge on any atom is -0.359 e. The Labute approximate surface area is 230 Å². The van der Waals surface area contributed by atoms with Gasteiger partial charge in [-0.15, -0.1) is 5.73 Å². The summed E-state index contributed by atoms with van der Waals surface area (Å²) in [5.74, 6) is -0.142. The van der Waals surface area contributed by atoms with Gasteiger partial charge in [0.05, 0.1) is 23.8 Å². The number of rotatable bonds is 7. The van der Waals surface area contributed by atoms with Gasteiger partial charge in [-0.05, 0) is 30.5 Å². The van der Waals surface area contributed by atoms with Crippen molar-refractivity contribution < 1.29 is 1.43 Å². The summed E-state index contributed by atoms with van der Waals surface area (Å²) in [4.78, 5) is 30.5. The van der Waals surface area contributed by atoms with Crippen molar-refractivity contribution >= 4 is 11.8 Å². The molecule has 1 aliphatic rings. The van der Waals surface area contributed by atoms with Gasteiger partial charge in [-0.2, -0.15) is 0 Å². The van der Waals surface area contributed by atoms with E-state index in [-0.39, 0.29) is 37.2 Å². The molecular formula is C34H35N3O2. The SMILES string of the molecule is C=C=C1c2c(C=C)c(=O)n(Cc3ccccc3)c(=O)n2[C@@H](C(c2ccccc2)c2ccccc2)CN1C(C)C.[HH]. The van der Waals surface area contributed by atoms with E-state index in [2.05, 4.69) is 61.9 Å². The first kappa shape index (κ1) is 26.0. The zero-order chi connectivity index (χ0) is 27.5. The lowest BCUT2D eigenvalue weighted by Gasteiger charge is -2.44. The molecule has 0 fully saturated rings. The average Bonchev–Trinajstić information content (AvgIpc) is 2.97. The molecular weight excluding hydrogens is 482 g/mol. The molecule has 5 heteroatoms.